The second-order valence-corrected chi connectivity index (χ2v) is 17.8. The molecule has 1 aliphatic heterocycles. The minimum Gasteiger partial charge on any atom is -0.493 e. The summed E-state index contributed by atoms with van der Waals surface area (Å²) in [5, 5.41) is 6.90. The van der Waals surface area contributed by atoms with E-state index in [2.05, 4.69) is 30.5 Å². The van der Waals surface area contributed by atoms with Crippen molar-refractivity contribution >= 4 is 52.6 Å². The van der Waals surface area contributed by atoms with Gasteiger partial charge in [0.1, 0.15) is 12.1 Å². The Morgan fingerprint density at radius 3 is 2.33 bits per heavy atom. The fraction of sp³-hybridized carbons (Fsp3) is 0.514. The molecule has 0 spiro atoms. The first kappa shape index (κ1) is 41.4. The van der Waals surface area contributed by atoms with Gasteiger partial charge in [-0.1, -0.05) is 41.5 Å². The largest absolute Gasteiger partial charge is 0.493 e. The molecule has 1 amide bonds. The van der Waals surface area contributed by atoms with Crippen LogP contribution in [0.5, 0.6) is 11.5 Å². The fourth-order valence-corrected chi connectivity index (χ4v) is 9.72. The Kier molecular flexibility index (Phi) is 12.7. The summed E-state index contributed by atoms with van der Waals surface area (Å²) in [4.78, 5) is 48.6. The standard InChI is InChI=1S/C37H49F2N6O7PS/c1-35(2,3)37(36(4,5)6,52-53(47,48)49)23-11-14-45(15-12-23)13-8-16-51-31-20-29-26(19-30(31)50-7)33(42-22-41-29)44-34-40-21-25(54-34)18-32(46)43-24-9-10-27(38)28(39)17-24/h9-10,17,19-23H,8,11-16,18H2,1-7H3,(H,43,46)(H2,47,48,49)(H,40,41,42,44). The van der Waals surface area contributed by atoms with Gasteiger partial charge in [-0.2, -0.15) is 0 Å². The second-order valence-electron chi connectivity index (χ2n) is 15.5. The Balaban J connectivity index is 1.17. The molecule has 0 radical (unpaired) electrons. The van der Waals surface area contributed by atoms with Crippen LogP contribution in [0.15, 0.2) is 42.9 Å². The predicted molar refractivity (Wildman–Crippen MR) is 204 cm³/mol. The number of halogens is 2. The lowest BCUT2D eigenvalue weighted by molar-refractivity contribution is -0.176. The highest BCUT2D eigenvalue weighted by Crippen LogP contribution is 2.60. The maximum absolute atomic E-state index is 13.5. The van der Waals surface area contributed by atoms with Crippen molar-refractivity contribution in [2.24, 2.45) is 16.7 Å². The molecule has 2 aromatic heterocycles. The first-order valence-electron chi connectivity index (χ1n) is 17.7. The lowest BCUT2D eigenvalue weighted by Crippen LogP contribution is -2.61. The van der Waals surface area contributed by atoms with Crippen molar-refractivity contribution in [3.05, 3.63) is 59.4 Å². The molecule has 4 aromatic rings. The number of phosphoric acid groups is 1. The lowest BCUT2D eigenvalue weighted by Gasteiger charge is -2.58. The number of amides is 1. The van der Waals surface area contributed by atoms with Crippen LogP contribution in [0.3, 0.4) is 0 Å². The Morgan fingerprint density at radius 1 is 1.00 bits per heavy atom. The van der Waals surface area contributed by atoms with Crippen molar-refractivity contribution in [2.75, 3.05) is 44.0 Å². The van der Waals surface area contributed by atoms with Crippen LogP contribution >= 0.6 is 19.2 Å². The summed E-state index contributed by atoms with van der Waals surface area (Å²) in [6.45, 7) is 14.7. The zero-order valence-corrected chi connectivity index (χ0v) is 33.3. The maximum atomic E-state index is 13.5. The number of rotatable bonds is 14. The van der Waals surface area contributed by atoms with E-state index in [0.717, 1.165) is 51.0 Å². The monoisotopic (exact) mass is 790 g/mol. The van der Waals surface area contributed by atoms with Crippen LogP contribution in [0.25, 0.3) is 10.9 Å². The Morgan fingerprint density at radius 2 is 1.70 bits per heavy atom. The summed E-state index contributed by atoms with van der Waals surface area (Å²) in [7, 11) is -3.20. The third kappa shape index (κ3) is 9.71. The van der Waals surface area contributed by atoms with Gasteiger partial charge in [-0.3, -0.25) is 9.32 Å². The first-order valence-corrected chi connectivity index (χ1v) is 20.0. The molecule has 1 aliphatic rings. The van der Waals surface area contributed by atoms with E-state index in [0.29, 0.717) is 44.8 Å². The van der Waals surface area contributed by atoms with Crippen molar-refractivity contribution < 1.29 is 41.9 Å². The summed E-state index contributed by atoms with van der Waals surface area (Å²) >= 11 is 1.25. The van der Waals surface area contributed by atoms with Crippen LogP contribution in [0.2, 0.25) is 0 Å². The van der Waals surface area contributed by atoms with Gasteiger partial charge in [0.05, 0.1) is 31.3 Å². The summed E-state index contributed by atoms with van der Waals surface area (Å²) in [6.07, 6.45) is 5.22. The van der Waals surface area contributed by atoms with E-state index in [4.69, 9.17) is 14.0 Å². The van der Waals surface area contributed by atoms with Crippen LogP contribution in [0.4, 0.5) is 25.4 Å². The van der Waals surface area contributed by atoms with E-state index in [1.54, 1.807) is 25.4 Å². The molecule has 2 aromatic carbocycles. The van der Waals surface area contributed by atoms with E-state index in [9.17, 15) is 27.9 Å². The van der Waals surface area contributed by atoms with Gasteiger partial charge in [-0.15, -0.1) is 11.3 Å². The Bertz CT molecular complexity index is 1980. The molecule has 1 fully saturated rings. The molecular weight excluding hydrogens is 741 g/mol. The molecule has 1 saturated heterocycles. The number of ether oxygens (including phenoxy) is 2. The van der Waals surface area contributed by atoms with Crippen LogP contribution < -0.4 is 20.1 Å². The number of methoxy groups -OCH3 is 1. The van der Waals surface area contributed by atoms with Crippen molar-refractivity contribution in [3.8, 4) is 11.5 Å². The smallest absolute Gasteiger partial charge is 0.470 e. The SMILES string of the molecule is COc1cc2c(Nc3ncc(CC(=O)Nc4ccc(F)c(F)c4)s3)ncnc2cc1OCCCN1CCC(C(OP(=O)(O)O)(C(C)(C)C)C(C)(C)C)CC1. The number of carbonyl (C=O) groups is 1. The topological polar surface area (TPSA) is 168 Å². The van der Waals surface area contributed by atoms with E-state index in [1.807, 2.05) is 41.5 Å². The highest BCUT2D eigenvalue weighted by Gasteiger charge is 2.59. The maximum Gasteiger partial charge on any atom is 0.470 e. The summed E-state index contributed by atoms with van der Waals surface area (Å²) in [5.74, 6) is -0.964. The minimum absolute atomic E-state index is 0.0148. The first-order chi connectivity index (χ1) is 25.3. The van der Waals surface area contributed by atoms with Crippen molar-refractivity contribution in [1.29, 1.82) is 0 Å². The molecule has 5 rings (SSSR count). The third-order valence-electron chi connectivity index (χ3n) is 9.77. The summed E-state index contributed by atoms with van der Waals surface area (Å²) < 4.78 is 56.6. The minimum atomic E-state index is -4.75. The van der Waals surface area contributed by atoms with Gasteiger partial charge in [-0.05, 0) is 67.3 Å². The van der Waals surface area contributed by atoms with Gasteiger partial charge >= 0.3 is 7.82 Å². The number of phosphoric ester groups is 1. The molecule has 13 nitrogen and oxygen atoms in total. The van der Waals surface area contributed by atoms with Crippen LogP contribution in [-0.4, -0.2) is 74.5 Å². The van der Waals surface area contributed by atoms with E-state index in [-0.39, 0.29) is 18.0 Å². The highest BCUT2D eigenvalue weighted by molar-refractivity contribution is 7.46. The van der Waals surface area contributed by atoms with Gasteiger partial charge in [0.15, 0.2) is 28.3 Å². The number of aromatic nitrogens is 3. The van der Waals surface area contributed by atoms with Gasteiger partial charge in [0.25, 0.3) is 0 Å². The molecule has 3 heterocycles. The summed E-state index contributed by atoms with van der Waals surface area (Å²) in [5.41, 5.74) is -1.29. The van der Waals surface area contributed by atoms with E-state index < -0.39 is 41.8 Å². The molecule has 0 aliphatic carbocycles. The van der Waals surface area contributed by atoms with Crippen LogP contribution in [-0.2, 0) is 20.3 Å². The number of anilines is 3. The third-order valence-corrected chi connectivity index (χ3v) is 11.2. The highest BCUT2D eigenvalue weighted by atomic mass is 32.1. The number of benzene rings is 2. The molecule has 0 saturated carbocycles. The molecule has 0 bridgehead atoms. The molecule has 17 heteroatoms. The van der Waals surface area contributed by atoms with E-state index in [1.165, 1.54) is 23.7 Å². The molecule has 4 N–H and O–H groups in total. The lowest BCUT2D eigenvalue weighted by atomic mass is 9.55. The zero-order valence-electron chi connectivity index (χ0n) is 31.6. The van der Waals surface area contributed by atoms with Crippen molar-refractivity contribution in [3.63, 3.8) is 0 Å². The Hall–Kier alpha value is -3.79. The number of thiazole rings is 1. The van der Waals surface area contributed by atoms with Crippen LogP contribution in [0.1, 0.15) is 65.7 Å². The Labute approximate surface area is 318 Å². The van der Waals surface area contributed by atoms with Crippen molar-refractivity contribution in [2.45, 2.75) is 72.8 Å². The number of hydrogen-bond acceptors (Lipinski definition) is 11. The fourth-order valence-electron chi connectivity index (χ4n) is 7.84. The van der Waals surface area contributed by atoms with Gasteiger partial charge in [-0.25, -0.2) is 28.3 Å². The molecule has 54 heavy (non-hydrogen) atoms. The molecule has 0 atom stereocenters. The quantitative estimate of drug-likeness (QED) is 0.0726. The number of likely N-dealkylation sites (tertiary alicyclic amines) is 1. The molecular formula is C37H49F2N6O7PS. The number of nitrogens with zero attached hydrogens (tertiary/aromatic N) is 4. The average molecular weight is 791 g/mol. The second kappa shape index (κ2) is 16.5. The number of hydrogen-bond donors (Lipinski definition) is 4. The van der Waals surface area contributed by atoms with Crippen molar-refractivity contribution in [1.82, 2.24) is 19.9 Å². The predicted octanol–water partition coefficient (Wildman–Crippen LogP) is 7.72. The average Bonchev–Trinajstić information content (AvgIpc) is 3.52. The van der Waals surface area contributed by atoms with E-state index >= 15 is 0 Å². The normalized spacial score (nSPS) is 15.0. The van der Waals surface area contributed by atoms with Crippen LogP contribution in [0, 0.1) is 28.4 Å². The number of carbonyl (C=O) groups excluding carboxylic acids is 1. The van der Waals surface area contributed by atoms with Gasteiger partial charge in [0, 0.05) is 40.8 Å². The van der Waals surface area contributed by atoms with Gasteiger partial charge in [0.2, 0.25) is 5.91 Å². The number of piperidine rings is 1. The number of nitrogens with one attached hydrogen (secondary N) is 2. The molecule has 0 unspecified atom stereocenters. The summed E-state index contributed by atoms with van der Waals surface area (Å²) in [6, 6.07) is 6.74. The zero-order chi connectivity index (χ0) is 39.5. The van der Waals surface area contributed by atoms with Gasteiger partial charge < -0.3 is 34.8 Å². The number of fused-ring (bicyclic) bond motifs is 1. The molecule has 294 valence electrons.